The zero-order chi connectivity index (χ0) is 43.2. The number of fused-ring (bicyclic) bond motifs is 2. The SMILES string of the molecule is Cc1cc(Cl)c(OCCOc2ncc(C3=C(C(=O)N(Cc4cccc(C(F)(F)F)c4Cl)C4CC4)[C@H]4CN(C(=O)OC(C)(C)C)CC(C3)N4C(=O)OC(C)(C)C)s2)c(Cl)c1. The number of nitrogens with zero attached hydrogens (tertiary/aromatic N) is 4. The van der Waals surface area contributed by atoms with E-state index in [9.17, 15) is 22.8 Å². The van der Waals surface area contributed by atoms with E-state index < -0.39 is 58.1 Å². The fourth-order valence-electron chi connectivity index (χ4n) is 7.05. The normalized spacial score (nSPS) is 18.5. The third-order valence-corrected chi connectivity index (χ3v) is 11.6. The smallest absolute Gasteiger partial charge is 0.417 e. The molecule has 1 unspecified atom stereocenters. The Labute approximate surface area is 360 Å². The topological polar surface area (TPSA) is 111 Å². The molecule has 6 rings (SSSR count). The van der Waals surface area contributed by atoms with Crippen molar-refractivity contribution in [2.24, 2.45) is 0 Å². The van der Waals surface area contributed by atoms with Crippen molar-refractivity contribution in [1.29, 1.82) is 0 Å². The molecule has 0 N–H and O–H groups in total. The van der Waals surface area contributed by atoms with Crippen molar-refractivity contribution in [1.82, 2.24) is 19.7 Å². The second kappa shape index (κ2) is 17.2. The van der Waals surface area contributed by atoms with Crippen LogP contribution in [0.3, 0.4) is 0 Å². The maximum atomic E-state index is 15.3. The van der Waals surface area contributed by atoms with E-state index in [1.165, 1.54) is 38.2 Å². The van der Waals surface area contributed by atoms with Crippen molar-refractivity contribution in [3.63, 3.8) is 0 Å². The second-order valence-electron chi connectivity index (χ2n) is 16.7. The lowest BCUT2D eigenvalue weighted by atomic mass is 9.83. The average Bonchev–Trinajstić information content (AvgIpc) is 3.83. The van der Waals surface area contributed by atoms with E-state index >= 15 is 4.79 Å². The molecule has 1 saturated heterocycles. The molecule has 0 spiro atoms. The number of aryl methyl sites for hydroxylation is 1. The lowest BCUT2D eigenvalue weighted by Gasteiger charge is -2.51. The van der Waals surface area contributed by atoms with Gasteiger partial charge in [-0.25, -0.2) is 14.6 Å². The van der Waals surface area contributed by atoms with E-state index in [1.807, 2.05) is 6.92 Å². The number of rotatable bonds is 10. The summed E-state index contributed by atoms with van der Waals surface area (Å²) >= 11 is 20.2. The van der Waals surface area contributed by atoms with Crippen LogP contribution in [0.15, 0.2) is 42.1 Å². The molecule has 1 saturated carbocycles. The van der Waals surface area contributed by atoms with Gasteiger partial charge >= 0.3 is 18.4 Å². The lowest BCUT2D eigenvalue weighted by molar-refractivity contribution is -0.137. The molecular formula is C41H46Cl3F3N4O7S. The van der Waals surface area contributed by atoms with Crippen LogP contribution in [0.25, 0.3) is 5.57 Å². The van der Waals surface area contributed by atoms with Gasteiger partial charge in [0.25, 0.3) is 11.1 Å². The number of ether oxygens (including phenoxy) is 4. The van der Waals surface area contributed by atoms with Crippen LogP contribution >= 0.6 is 46.1 Å². The van der Waals surface area contributed by atoms with Gasteiger partial charge in [-0.15, -0.1) is 0 Å². The molecule has 2 bridgehead atoms. The highest BCUT2D eigenvalue weighted by Gasteiger charge is 2.51. The first-order valence-corrected chi connectivity index (χ1v) is 21.0. The fourth-order valence-corrected chi connectivity index (χ4v) is 8.91. The van der Waals surface area contributed by atoms with Crippen molar-refractivity contribution in [2.45, 2.75) is 110 Å². The molecular weight excluding hydrogens is 856 g/mol. The molecule has 320 valence electrons. The third-order valence-electron chi connectivity index (χ3n) is 9.59. The van der Waals surface area contributed by atoms with Crippen LogP contribution in [0.4, 0.5) is 22.8 Å². The predicted octanol–water partition coefficient (Wildman–Crippen LogP) is 10.5. The lowest BCUT2D eigenvalue weighted by Crippen LogP contribution is -2.66. The number of alkyl halides is 3. The Morgan fingerprint density at radius 2 is 1.54 bits per heavy atom. The van der Waals surface area contributed by atoms with Crippen molar-refractivity contribution in [3.05, 3.63) is 78.7 Å². The first-order chi connectivity index (χ1) is 27.5. The summed E-state index contributed by atoms with van der Waals surface area (Å²) in [4.78, 5) is 52.5. The summed E-state index contributed by atoms with van der Waals surface area (Å²) in [6.07, 6.45) is -3.11. The van der Waals surface area contributed by atoms with Crippen molar-refractivity contribution in [3.8, 4) is 10.9 Å². The van der Waals surface area contributed by atoms with Crippen molar-refractivity contribution in [2.75, 3.05) is 26.3 Å². The van der Waals surface area contributed by atoms with E-state index in [2.05, 4.69) is 4.98 Å². The van der Waals surface area contributed by atoms with E-state index in [0.717, 1.165) is 11.6 Å². The van der Waals surface area contributed by atoms with E-state index in [0.29, 0.717) is 39.1 Å². The molecule has 59 heavy (non-hydrogen) atoms. The summed E-state index contributed by atoms with van der Waals surface area (Å²) in [7, 11) is 0. The van der Waals surface area contributed by atoms with Crippen molar-refractivity contribution < 1.29 is 46.5 Å². The Morgan fingerprint density at radius 1 is 0.915 bits per heavy atom. The van der Waals surface area contributed by atoms with Crippen LogP contribution in [0, 0.1) is 6.92 Å². The number of carbonyl (C=O) groups is 3. The Kier molecular flexibility index (Phi) is 13.0. The molecule has 3 amide bonds. The summed E-state index contributed by atoms with van der Waals surface area (Å²) in [5.74, 6) is -0.193. The zero-order valence-corrected chi connectivity index (χ0v) is 36.8. The van der Waals surface area contributed by atoms with Gasteiger partial charge in [-0.05, 0) is 103 Å². The number of hydrogen-bond donors (Lipinski definition) is 0. The Morgan fingerprint density at radius 3 is 2.15 bits per heavy atom. The number of aromatic nitrogens is 1. The Bertz CT molecular complexity index is 2110. The van der Waals surface area contributed by atoms with Gasteiger partial charge in [0.15, 0.2) is 5.75 Å². The molecule has 3 aliphatic rings. The van der Waals surface area contributed by atoms with Gasteiger partial charge in [0.1, 0.15) is 24.4 Å². The molecule has 1 aliphatic carbocycles. The van der Waals surface area contributed by atoms with E-state index in [4.69, 9.17) is 53.8 Å². The number of amides is 3. The maximum Gasteiger partial charge on any atom is 0.417 e. The number of hydrogen-bond acceptors (Lipinski definition) is 9. The Hall–Kier alpha value is -3.92. The van der Waals surface area contributed by atoms with E-state index in [1.54, 1.807) is 59.9 Å². The molecule has 0 radical (unpaired) electrons. The minimum Gasteiger partial charge on any atom is -0.487 e. The van der Waals surface area contributed by atoms with Crippen LogP contribution in [0.5, 0.6) is 10.9 Å². The first-order valence-electron chi connectivity index (χ1n) is 19.1. The molecule has 2 aromatic carbocycles. The maximum absolute atomic E-state index is 15.3. The Balaban J connectivity index is 1.39. The monoisotopic (exact) mass is 900 g/mol. The number of benzene rings is 2. The molecule has 18 heteroatoms. The molecule has 2 atom stereocenters. The van der Waals surface area contributed by atoms with Gasteiger partial charge < -0.3 is 28.7 Å². The van der Waals surface area contributed by atoms with Crippen molar-refractivity contribution >= 4 is 69.8 Å². The summed E-state index contributed by atoms with van der Waals surface area (Å²) in [5, 5.41) is 0.494. The second-order valence-corrected chi connectivity index (χ2v) is 18.9. The standard InChI is InChI=1S/C41H46Cl3F3N4O7S/c1-22-15-28(42)34(29(43)16-22)55-13-14-56-36-48-18-31(59-36)26-17-25-20-49(37(53)57-39(2,3)4)21-30(51(25)38(54)58-40(5,6)7)32(26)35(52)50(24-11-12-24)19-23-9-8-10-27(33(23)44)41(45,46)47/h8-10,15-16,18,24-25,30H,11-14,17,19-21H2,1-7H3/t25?,30-/m1/s1. The molecule has 3 heterocycles. The third kappa shape index (κ3) is 10.7. The van der Waals surface area contributed by atoms with Gasteiger partial charge in [0, 0.05) is 37.4 Å². The van der Waals surface area contributed by atoms with Gasteiger partial charge in [0.2, 0.25) is 0 Å². The van der Waals surface area contributed by atoms with Crippen LogP contribution in [-0.2, 0) is 27.0 Å². The summed E-state index contributed by atoms with van der Waals surface area (Å²) in [6, 6.07) is 5.08. The highest BCUT2D eigenvalue weighted by atomic mass is 35.5. The highest BCUT2D eigenvalue weighted by molar-refractivity contribution is 7.14. The largest absolute Gasteiger partial charge is 0.487 e. The average molecular weight is 902 g/mol. The van der Waals surface area contributed by atoms with Gasteiger partial charge in [-0.2, -0.15) is 13.2 Å². The van der Waals surface area contributed by atoms with Gasteiger partial charge in [0.05, 0.1) is 37.6 Å². The highest BCUT2D eigenvalue weighted by Crippen LogP contribution is 2.45. The summed E-state index contributed by atoms with van der Waals surface area (Å²) in [6.45, 7) is 12.2. The number of piperazine rings is 1. The van der Waals surface area contributed by atoms with Gasteiger partial charge in [-0.3, -0.25) is 9.69 Å². The predicted molar refractivity (Wildman–Crippen MR) is 219 cm³/mol. The molecule has 3 aromatic rings. The summed E-state index contributed by atoms with van der Waals surface area (Å²) < 4.78 is 65.1. The van der Waals surface area contributed by atoms with Crippen LogP contribution in [-0.4, -0.2) is 93.4 Å². The van der Waals surface area contributed by atoms with Gasteiger partial charge in [-0.1, -0.05) is 58.3 Å². The fraction of sp³-hybridized carbons (Fsp3) is 0.512. The number of halogens is 6. The first kappa shape index (κ1) is 44.6. The number of thiazole rings is 1. The summed E-state index contributed by atoms with van der Waals surface area (Å²) in [5.41, 5.74) is -0.995. The minimum atomic E-state index is -4.71. The quantitative estimate of drug-likeness (QED) is 0.185. The van der Waals surface area contributed by atoms with Crippen LogP contribution < -0.4 is 9.47 Å². The number of carbonyl (C=O) groups excluding carboxylic acids is 3. The minimum absolute atomic E-state index is 0.0748. The van der Waals surface area contributed by atoms with Crippen LogP contribution in [0.2, 0.25) is 15.1 Å². The van der Waals surface area contributed by atoms with Crippen LogP contribution in [0.1, 0.15) is 82.4 Å². The molecule has 2 aliphatic heterocycles. The zero-order valence-electron chi connectivity index (χ0n) is 33.7. The molecule has 11 nitrogen and oxygen atoms in total. The molecule has 1 aromatic heterocycles. The van der Waals surface area contributed by atoms with E-state index in [-0.39, 0.29) is 61.6 Å². The molecule has 2 fully saturated rings.